The van der Waals surface area contributed by atoms with Crippen LogP contribution >= 0.6 is 0 Å². The molecule has 2 rings (SSSR count). The first kappa shape index (κ1) is 9.44. The Morgan fingerprint density at radius 1 is 1.38 bits per heavy atom. The van der Waals surface area contributed by atoms with Gasteiger partial charge in [0.2, 0.25) is 0 Å². The summed E-state index contributed by atoms with van der Waals surface area (Å²) in [4.78, 5) is 0. The monoisotopic (exact) mass is 185 g/mol. The van der Waals surface area contributed by atoms with E-state index in [0.29, 0.717) is 11.6 Å². The number of hydrogen-bond donors (Lipinski definition) is 2. The van der Waals surface area contributed by atoms with Crippen LogP contribution in [0.25, 0.3) is 0 Å². The Bertz CT molecular complexity index is 217. The zero-order chi connectivity index (χ0) is 9.69. The highest BCUT2D eigenvalue weighted by Crippen LogP contribution is 2.42. The summed E-state index contributed by atoms with van der Waals surface area (Å²) in [6.45, 7) is 6.69. The highest BCUT2D eigenvalue weighted by molar-refractivity contribution is 5.09. The van der Waals surface area contributed by atoms with Crippen LogP contribution in [0.1, 0.15) is 33.6 Å². The molecule has 0 saturated carbocycles. The molecule has 3 heteroatoms. The second-order valence-electron chi connectivity index (χ2n) is 5.06. The molecule has 13 heavy (non-hydrogen) atoms. The molecule has 0 radical (unpaired) electrons. The van der Waals surface area contributed by atoms with E-state index in [2.05, 4.69) is 26.1 Å². The summed E-state index contributed by atoms with van der Waals surface area (Å²) < 4.78 is 5.42. The first-order chi connectivity index (χ1) is 5.98. The standard InChI is InChI=1S/C10H19NO2/c1-9(2)7(11-9)4-5-10(3)8(6-12)13-10/h7-8,11-12H,4-6H2,1-3H3/t7?,8-,10-/m0/s1. The summed E-state index contributed by atoms with van der Waals surface area (Å²) >= 11 is 0. The highest BCUT2D eigenvalue weighted by Gasteiger charge is 2.53. The van der Waals surface area contributed by atoms with Crippen LogP contribution in [0.4, 0.5) is 0 Å². The van der Waals surface area contributed by atoms with Gasteiger partial charge in [-0.05, 0) is 33.6 Å². The molecular weight excluding hydrogens is 166 g/mol. The molecule has 0 aromatic heterocycles. The Balaban J connectivity index is 1.70. The summed E-state index contributed by atoms with van der Waals surface area (Å²) in [5, 5.41) is 12.3. The lowest BCUT2D eigenvalue weighted by Crippen LogP contribution is -2.14. The maximum absolute atomic E-state index is 8.88. The number of aliphatic hydroxyl groups is 1. The summed E-state index contributed by atoms with van der Waals surface area (Å²) in [5.41, 5.74) is 0.301. The van der Waals surface area contributed by atoms with Gasteiger partial charge in [-0.25, -0.2) is 0 Å². The second-order valence-corrected chi connectivity index (χ2v) is 5.06. The first-order valence-electron chi connectivity index (χ1n) is 5.04. The normalized spacial score (nSPS) is 46.2. The predicted molar refractivity (Wildman–Crippen MR) is 50.6 cm³/mol. The van der Waals surface area contributed by atoms with Crippen molar-refractivity contribution >= 4 is 0 Å². The van der Waals surface area contributed by atoms with Crippen molar-refractivity contribution in [1.82, 2.24) is 5.32 Å². The van der Waals surface area contributed by atoms with Gasteiger partial charge in [-0.1, -0.05) is 0 Å². The van der Waals surface area contributed by atoms with Gasteiger partial charge in [0.25, 0.3) is 0 Å². The predicted octanol–water partition coefficient (Wildman–Crippen LogP) is 0.667. The second kappa shape index (κ2) is 2.69. The Hall–Kier alpha value is -0.120. The van der Waals surface area contributed by atoms with Crippen molar-refractivity contribution in [3.8, 4) is 0 Å². The van der Waals surface area contributed by atoms with Gasteiger partial charge in [-0.3, -0.25) is 0 Å². The van der Waals surface area contributed by atoms with Crippen molar-refractivity contribution in [3.05, 3.63) is 0 Å². The van der Waals surface area contributed by atoms with Gasteiger partial charge in [0.1, 0.15) is 6.10 Å². The minimum atomic E-state index is -0.0326. The lowest BCUT2D eigenvalue weighted by molar-refractivity contribution is 0.234. The van der Waals surface area contributed by atoms with Gasteiger partial charge in [0.05, 0.1) is 12.2 Å². The average molecular weight is 185 g/mol. The van der Waals surface area contributed by atoms with Crippen molar-refractivity contribution in [2.45, 2.75) is 56.9 Å². The molecule has 2 N–H and O–H groups in total. The fraction of sp³-hybridized carbons (Fsp3) is 1.00. The van der Waals surface area contributed by atoms with E-state index in [1.54, 1.807) is 0 Å². The molecule has 76 valence electrons. The van der Waals surface area contributed by atoms with Crippen molar-refractivity contribution < 1.29 is 9.84 Å². The van der Waals surface area contributed by atoms with E-state index in [4.69, 9.17) is 9.84 Å². The minimum absolute atomic E-state index is 0.0326. The Morgan fingerprint density at radius 3 is 2.38 bits per heavy atom. The molecule has 0 aliphatic carbocycles. The van der Waals surface area contributed by atoms with Gasteiger partial charge in [0.15, 0.2) is 0 Å². The van der Waals surface area contributed by atoms with Crippen LogP contribution in [-0.4, -0.2) is 35.0 Å². The third-order valence-corrected chi connectivity index (χ3v) is 3.46. The van der Waals surface area contributed by atoms with Crippen molar-refractivity contribution in [1.29, 1.82) is 0 Å². The summed E-state index contributed by atoms with van der Waals surface area (Å²) in [6.07, 6.45) is 2.30. The number of nitrogens with one attached hydrogen (secondary N) is 1. The van der Waals surface area contributed by atoms with Gasteiger partial charge in [0, 0.05) is 11.6 Å². The van der Waals surface area contributed by atoms with Crippen LogP contribution in [0, 0.1) is 0 Å². The van der Waals surface area contributed by atoms with E-state index >= 15 is 0 Å². The average Bonchev–Trinajstić information content (AvgIpc) is 2.87. The maximum atomic E-state index is 8.88. The molecule has 0 spiro atoms. The van der Waals surface area contributed by atoms with Crippen LogP contribution in [0.5, 0.6) is 0 Å². The van der Waals surface area contributed by atoms with E-state index in [0.717, 1.165) is 12.8 Å². The van der Waals surface area contributed by atoms with Crippen molar-refractivity contribution in [2.75, 3.05) is 6.61 Å². The molecule has 2 aliphatic heterocycles. The van der Waals surface area contributed by atoms with Gasteiger partial charge in [-0.15, -0.1) is 0 Å². The number of epoxide rings is 1. The Kier molecular flexibility index (Phi) is 1.95. The molecule has 3 nitrogen and oxygen atoms in total. The zero-order valence-corrected chi connectivity index (χ0v) is 8.63. The number of rotatable bonds is 4. The third-order valence-electron chi connectivity index (χ3n) is 3.46. The van der Waals surface area contributed by atoms with E-state index in [1.165, 1.54) is 0 Å². The molecular formula is C10H19NO2. The van der Waals surface area contributed by atoms with Crippen LogP contribution in [0.3, 0.4) is 0 Å². The van der Waals surface area contributed by atoms with Gasteiger partial charge in [-0.2, -0.15) is 0 Å². The molecule has 2 aliphatic rings. The van der Waals surface area contributed by atoms with Crippen LogP contribution in [-0.2, 0) is 4.74 Å². The fourth-order valence-electron chi connectivity index (χ4n) is 2.01. The molecule has 0 aromatic carbocycles. The largest absolute Gasteiger partial charge is 0.394 e. The minimum Gasteiger partial charge on any atom is -0.394 e. The number of hydrogen-bond acceptors (Lipinski definition) is 3. The van der Waals surface area contributed by atoms with Gasteiger partial charge < -0.3 is 15.2 Å². The zero-order valence-electron chi connectivity index (χ0n) is 8.63. The van der Waals surface area contributed by atoms with Gasteiger partial charge >= 0.3 is 0 Å². The third kappa shape index (κ3) is 1.73. The van der Waals surface area contributed by atoms with Crippen LogP contribution in [0.15, 0.2) is 0 Å². The topological polar surface area (TPSA) is 54.7 Å². The highest BCUT2D eigenvalue weighted by atomic mass is 16.6. The number of aliphatic hydroxyl groups excluding tert-OH is 1. The molecule has 1 unspecified atom stereocenters. The fourth-order valence-corrected chi connectivity index (χ4v) is 2.01. The summed E-state index contributed by atoms with van der Waals surface area (Å²) in [5.74, 6) is 0. The van der Waals surface area contributed by atoms with Crippen LogP contribution in [0.2, 0.25) is 0 Å². The van der Waals surface area contributed by atoms with Crippen LogP contribution < -0.4 is 5.32 Å². The molecule has 2 saturated heterocycles. The van der Waals surface area contributed by atoms with E-state index in [1.807, 2.05) is 0 Å². The smallest absolute Gasteiger partial charge is 0.110 e. The maximum Gasteiger partial charge on any atom is 0.110 e. The molecule has 0 aromatic rings. The Morgan fingerprint density at radius 2 is 2.00 bits per heavy atom. The van der Waals surface area contributed by atoms with Crippen molar-refractivity contribution in [2.24, 2.45) is 0 Å². The molecule has 2 heterocycles. The number of ether oxygens (including phenoxy) is 1. The van der Waals surface area contributed by atoms with E-state index in [9.17, 15) is 0 Å². The molecule has 3 atom stereocenters. The van der Waals surface area contributed by atoms with E-state index in [-0.39, 0.29) is 18.3 Å². The quantitative estimate of drug-likeness (QED) is 0.633. The Labute approximate surface area is 79.5 Å². The summed E-state index contributed by atoms with van der Waals surface area (Å²) in [7, 11) is 0. The first-order valence-corrected chi connectivity index (χ1v) is 5.04. The summed E-state index contributed by atoms with van der Waals surface area (Å²) in [6, 6.07) is 0.646. The SMILES string of the molecule is CC1(C)NC1CC[C@]1(C)O[C@H]1CO. The molecule has 0 bridgehead atoms. The van der Waals surface area contributed by atoms with Crippen molar-refractivity contribution in [3.63, 3.8) is 0 Å². The lowest BCUT2D eigenvalue weighted by Gasteiger charge is -2.05. The van der Waals surface area contributed by atoms with E-state index < -0.39 is 0 Å². The molecule has 2 fully saturated rings. The lowest BCUT2D eigenvalue weighted by atomic mass is 9.97. The molecule has 0 amide bonds.